The normalized spacial score (nSPS) is 10.7. The second kappa shape index (κ2) is 1.97. The van der Waals surface area contributed by atoms with E-state index in [1.165, 1.54) is 6.33 Å². The Morgan fingerprint density at radius 3 is 3.17 bits per heavy atom. The average Bonchev–Trinajstić information content (AvgIpc) is 2.48. The molecule has 0 bridgehead atoms. The first-order valence-electron chi connectivity index (χ1n) is 3.11. The molecule has 0 radical (unpaired) electrons. The highest BCUT2D eigenvalue weighted by Gasteiger charge is 2.08. The van der Waals surface area contributed by atoms with Crippen LogP contribution >= 0.6 is 0 Å². The van der Waals surface area contributed by atoms with Gasteiger partial charge in [-0.25, -0.2) is 4.98 Å². The molecule has 2 heterocycles. The van der Waals surface area contributed by atoms with Crippen molar-refractivity contribution in [3.8, 4) is 0 Å². The van der Waals surface area contributed by atoms with E-state index in [-0.39, 0.29) is 21.8 Å². The lowest BCUT2D eigenvalue weighted by Crippen LogP contribution is -2.22. The Kier molecular flexibility index (Phi) is 1.09. The van der Waals surface area contributed by atoms with Crippen molar-refractivity contribution in [2.45, 2.75) is 0 Å². The Morgan fingerprint density at radius 2 is 2.42 bits per heavy atom. The van der Waals surface area contributed by atoms with Gasteiger partial charge in [0.1, 0.15) is 0 Å². The second-order valence-electron chi connectivity index (χ2n) is 2.19. The van der Waals surface area contributed by atoms with Crippen LogP contribution in [0.25, 0.3) is 11.2 Å². The lowest BCUT2D eigenvalue weighted by molar-refractivity contribution is 0.180. The number of nitrogens with two attached hydrogens (primary N) is 1. The summed E-state index contributed by atoms with van der Waals surface area (Å²) in [6, 6.07) is 0. The molecule has 2 rings (SSSR count). The summed E-state index contributed by atoms with van der Waals surface area (Å²) in [5, 5.41) is 8.99. The number of hydrogen-bond donors (Lipinski definition) is 3. The summed E-state index contributed by atoms with van der Waals surface area (Å²) in [5.74, 6) is -0.267. The summed E-state index contributed by atoms with van der Waals surface area (Å²) in [6.07, 6.45) is 1.30. The first kappa shape index (κ1) is 6.65. The molecule has 62 valence electrons. The van der Waals surface area contributed by atoms with Gasteiger partial charge in [-0.3, -0.25) is 4.79 Å². The van der Waals surface area contributed by atoms with E-state index in [1.807, 2.05) is 0 Å². The van der Waals surface area contributed by atoms with E-state index in [0.717, 1.165) is 0 Å². The smallest absolute Gasteiger partial charge is 0.316 e. The number of nitrogen functional groups attached to an aromatic ring is 1. The van der Waals surface area contributed by atoms with Crippen LogP contribution in [0.3, 0.4) is 0 Å². The third-order valence-corrected chi connectivity index (χ3v) is 1.46. The van der Waals surface area contributed by atoms with Crippen LogP contribution in [0.5, 0.6) is 0 Å². The fourth-order valence-corrected chi connectivity index (χ4v) is 0.895. The average molecular weight is 167 g/mol. The fraction of sp³-hybridized carbons (Fsp3) is 0. The molecule has 0 saturated heterocycles. The molecule has 12 heavy (non-hydrogen) atoms. The Hall–Kier alpha value is -2.05. The number of imidazole rings is 1. The number of hydrogen-bond acceptors (Lipinski definition) is 5. The topological polar surface area (TPSA) is 110 Å². The monoisotopic (exact) mass is 167 g/mol. The van der Waals surface area contributed by atoms with Gasteiger partial charge in [-0.1, -0.05) is 0 Å². The van der Waals surface area contributed by atoms with E-state index in [1.54, 1.807) is 0 Å². The van der Waals surface area contributed by atoms with E-state index in [9.17, 15) is 4.79 Å². The summed E-state index contributed by atoms with van der Waals surface area (Å²) in [7, 11) is 0. The van der Waals surface area contributed by atoms with Crippen molar-refractivity contribution in [2.24, 2.45) is 0 Å². The maximum absolute atomic E-state index is 11.1. The number of aromatic nitrogens is 4. The zero-order chi connectivity index (χ0) is 8.72. The van der Waals surface area contributed by atoms with E-state index < -0.39 is 5.56 Å². The lowest BCUT2D eigenvalue weighted by Gasteiger charge is -1.97. The maximum Gasteiger partial charge on any atom is 0.316 e. The van der Waals surface area contributed by atoms with Crippen molar-refractivity contribution in [1.29, 1.82) is 0 Å². The fourth-order valence-electron chi connectivity index (χ4n) is 0.895. The summed E-state index contributed by atoms with van der Waals surface area (Å²) >= 11 is 0. The zero-order valence-corrected chi connectivity index (χ0v) is 5.85. The van der Waals surface area contributed by atoms with Crippen molar-refractivity contribution in [3.63, 3.8) is 0 Å². The number of H-pyrrole nitrogens is 1. The summed E-state index contributed by atoms with van der Waals surface area (Å²) in [4.78, 5) is 21.0. The highest BCUT2D eigenvalue weighted by Crippen LogP contribution is 2.01. The maximum atomic E-state index is 11.1. The van der Waals surface area contributed by atoms with Gasteiger partial charge >= 0.3 is 5.56 Å². The van der Waals surface area contributed by atoms with Crippen LogP contribution < -0.4 is 11.3 Å². The SMILES string of the molecule is Nc1nc2[nH]cnc2c(=O)n1O. The standard InChI is InChI=1S/C5H5N5O2/c6-5-9-3-2(7-1-8-3)4(11)10(5)12/h1,12H,(H2,6,9)(H,7,8). The first-order chi connectivity index (χ1) is 5.70. The molecule has 0 aliphatic heterocycles. The van der Waals surface area contributed by atoms with Crippen LogP contribution in [-0.4, -0.2) is 24.9 Å². The van der Waals surface area contributed by atoms with Crippen LogP contribution in [0.4, 0.5) is 5.95 Å². The highest BCUT2D eigenvalue weighted by molar-refractivity contribution is 5.69. The van der Waals surface area contributed by atoms with E-state index in [0.29, 0.717) is 0 Å². The quantitative estimate of drug-likeness (QED) is 0.433. The van der Waals surface area contributed by atoms with Gasteiger partial charge in [0.25, 0.3) is 0 Å². The lowest BCUT2D eigenvalue weighted by atomic mass is 10.5. The Bertz CT molecular complexity index is 484. The summed E-state index contributed by atoms with van der Waals surface area (Å²) in [5.41, 5.74) is 4.85. The molecule has 0 aromatic carbocycles. The van der Waals surface area contributed by atoms with Crippen LogP contribution in [0.2, 0.25) is 0 Å². The molecule has 0 aliphatic rings. The molecule has 4 N–H and O–H groups in total. The van der Waals surface area contributed by atoms with Gasteiger partial charge in [0.05, 0.1) is 6.33 Å². The minimum atomic E-state index is -0.682. The Morgan fingerprint density at radius 1 is 1.67 bits per heavy atom. The molecule has 0 atom stereocenters. The molecular weight excluding hydrogens is 162 g/mol. The minimum Gasteiger partial charge on any atom is -0.422 e. The molecule has 0 spiro atoms. The van der Waals surface area contributed by atoms with Gasteiger partial charge in [-0.15, -0.1) is 4.73 Å². The molecule has 0 saturated carbocycles. The van der Waals surface area contributed by atoms with Crippen LogP contribution in [0.15, 0.2) is 11.1 Å². The van der Waals surface area contributed by atoms with E-state index in [2.05, 4.69) is 15.0 Å². The van der Waals surface area contributed by atoms with Crippen LogP contribution in [0.1, 0.15) is 0 Å². The first-order valence-corrected chi connectivity index (χ1v) is 3.11. The highest BCUT2D eigenvalue weighted by atomic mass is 16.5. The van der Waals surface area contributed by atoms with Crippen molar-refractivity contribution in [3.05, 3.63) is 16.7 Å². The van der Waals surface area contributed by atoms with Gasteiger partial charge in [0.2, 0.25) is 5.95 Å². The van der Waals surface area contributed by atoms with Gasteiger partial charge in [0, 0.05) is 0 Å². The van der Waals surface area contributed by atoms with Gasteiger partial charge < -0.3 is 15.9 Å². The minimum absolute atomic E-state index is 0.0618. The van der Waals surface area contributed by atoms with E-state index in [4.69, 9.17) is 10.9 Å². The Labute approximate surface area is 65.4 Å². The number of anilines is 1. The molecular formula is C5H5N5O2. The Balaban J connectivity index is 3.05. The molecule has 0 amide bonds. The number of aromatic amines is 1. The van der Waals surface area contributed by atoms with Gasteiger partial charge in [-0.05, 0) is 0 Å². The van der Waals surface area contributed by atoms with Crippen LogP contribution in [-0.2, 0) is 0 Å². The number of fused-ring (bicyclic) bond motifs is 1. The number of nitrogens with zero attached hydrogens (tertiary/aromatic N) is 3. The number of rotatable bonds is 0. The molecule has 0 fully saturated rings. The molecule has 7 nitrogen and oxygen atoms in total. The predicted octanol–water partition coefficient (Wildman–Crippen LogP) is -1.06. The van der Waals surface area contributed by atoms with Gasteiger partial charge in [-0.2, -0.15) is 4.98 Å². The molecule has 0 unspecified atom stereocenters. The molecule has 7 heteroatoms. The molecule has 2 aromatic rings. The number of nitrogens with one attached hydrogen (secondary N) is 1. The summed E-state index contributed by atoms with van der Waals surface area (Å²) in [6.45, 7) is 0. The van der Waals surface area contributed by atoms with E-state index >= 15 is 0 Å². The predicted molar refractivity (Wildman–Crippen MR) is 39.7 cm³/mol. The molecule has 2 aromatic heterocycles. The van der Waals surface area contributed by atoms with Crippen molar-refractivity contribution >= 4 is 17.1 Å². The molecule has 0 aliphatic carbocycles. The zero-order valence-electron chi connectivity index (χ0n) is 5.85. The second-order valence-corrected chi connectivity index (χ2v) is 2.19. The largest absolute Gasteiger partial charge is 0.422 e. The third kappa shape index (κ3) is 0.669. The van der Waals surface area contributed by atoms with Crippen LogP contribution in [0, 0.1) is 0 Å². The van der Waals surface area contributed by atoms with Gasteiger partial charge in [0.15, 0.2) is 11.2 Å². The third-order valence-electron chi connectivity index (χ3n) is 1.46. The van der Waals surface area contributed by atoms with Crippen molar-refractivity contribution in [2.75, 3.05) is 5.73 Å². The van der Waals surface area contributed by atoms with Crippen molar-refractivity contribution < 1.29 is 5.21 Å². The van der Waals surface area contributed by atoms with Crippen molar-refractivity contribution in [1.82, 2.24) is 19.7 Å². The summed E-state index contributed by atoms with van der Waals surface area (Å²) < 4.78 is 0.253.